The highest BCUT2D eigenvalue weighted by atomic mass is 16.5. The van der Waals surface area contributed by atoms with Gasteiger partial charge in [-0.05, 0) is 54.8 Å². The SMILES string of the molecule is COCCOc1cc(C)c(-c2cccc(OCc3ccc4c(c3)OCC4CC(=O)O)n2)c(C)c1. The molecule has 0 spiro atoms. The van der Waals surface area contributed by atoms with E-state index in [0.29, 0.717) is 32.3 Å². The summed E-state index contributed by atoms with van der Waals surface area (Å²) in [5.74, 6) is 1.14. The Labute approximate surface area is 199 Å². The molecule has 0 radical (unpaired) electrons. The monoisotopic (exact) mass is 463 g/mol. The molecule has 0 bridgehead atoms. The maximum atomic E-state index is 11.0. The van der Waals surface area contributed by atoms with Gasteiger partial charge in [-0.1, -0.05) is 18.2 Å². The molecule has 2 aromatic carbocycles. The number of methoxy groups -OCH3 is 1. The number of rotatable bonds is 10. The van der Waals surface area contributed by atoms with E-state index in [1.165, 1.54) is 0 Å². The van der Waals surface area contributed by atoms with Crippen molar-refractivity contribution in [2.24, 2.45) is 0 Å². The van der Waals surface area contributed by atoms with E-state index in [2.05, 4.69) is 0 Å². The summed E-state index contributed by atoms with van der Waals surface area (Å²) in [5.41, 5.74) is 5.91. The fraction of sp³-hybridized carbons (Fsp3) is 0.333. The molecule has 7 nitrogen and oxygen atoms in total. The van der Waals surface area contributed by atoms with Gasteiger partial charge in [0, 0.05) is 30.2 Å². The van der Waals surface area contributed by atoms with Crippen LogP contribution in [-0.4, -0.2) is 43.0 Å². The van der Waals surface area contributed by atoms with Crippen LogP contribution in [0.3, 0.4) is 0 Å². The maximum absolute atomic E-state index is 11.0. The number of ether oxygens (including phenoxy) is 4. The first-order valence-electron chi connectivity index (χ1n) is 11.2. The zero-order valence-corrected chi connectivity index (χ0v) is 19.7. The molecule has 1 atom stereocenters. The van der Waals surface area contributed by atoms with Crippen LogP contribution in [0.1, 0.15) is 34.6 Å². The number of benzene rings is 2. The Morgan fingerprint density at radius 1 is 1.09 bits per heavy atom. The van der Waals surface area contributed by atoms with Gasteiger partial charge in [0.25, 0.3) is 0 Å². The Kier molecular flexibility index (Phi) is 7.33. The van der Waals surface area contributed by atoms with Crippen molar-refractivity contribution < 1.29 is 28.8 Å². The summed E-state index contributed by atoms with van der Waals surface area (Å²) >= 11 is 0. The maximum Gasteiger partial charge on any atom is 0.304 e. The number of fused-ring (bicyclic) bond motifs is 1. The van der Waals surface area contributed by atoms with E-state index in [9.17, 15) is 4.79 Å². The van der Waals surface area contributed by atoms with Crippen molar-refractivity contribution in [1.82, 2.24) is 4.98 Å². The van der Waals surface area contributed by atoms with Crippen LogP contribution < -0.4 is 14.2 Å². The first-order chi connectivity index (χ1) is 16.4. The van der Waals surface area contributed by atoms with Crippen molar-refractivity contribution in [1.29, 1.82) is 0 Å². The molecular weight excluding hydrogens is 434 g/mol. The van der Waals surface area contributed by atoms with Crippen molar-refractivity contribution in [2.75, 3.05) is 26.9 Å². The molecule has 2 heterocycles. The van der Waals surface area contributed by atoms with E-state index >= 15 is 0 Å². The fourth-order valence-corrected chi connectivity index (χ4v) is 4.24. The minimum absolute atomic E-state index is 0.0681. The van der Waals surface area contributed by atoms with Gasteiger partial charge in [-0.2, -0.15) is 0 Å². The van der Waals surface area contributed by atoms with Crippen molar-refractivity contribution >= 4 is 5.97 Å². The molecule has 1 unspecified atom stereocenters. The number of carboxylic acid groups (broad SMARTS) is 1. The Morgan fingerprint density at radius 3 is 2.62 bits per heavy atom. The van der Waals surface area contributed by atoms with Crippen molar-refractivity contribution in [3.63, 3.8) is 0 Å². The molecule has 1 N–H and O–H groups in total. The molecule has 1 aromatic heterocycles. The number of hydrogen-bond donors (Lipinski definition) is 1. The molecule has 0 saturated heterocycles. The lowest BCUT2D eigenvalue weighted by molar-refractivity contribution is -0.137. The van der Waals surface area contributed by atoms with E-state index in [4.69, 9.17) is 29.0 Å². The highest BCUT2D eigenvalue weighted by Crippen LogP contribution is 2.37. The molecule has 0 saturated carbocycles. The van der Waals surface area contributed by atoms with Gasteiger partial charge in [-0.15, -0.1) is 0 Å². The standard InChI is InChI=1S/C27H29NO6/c1-17-11-21(32-10-9-31-3)12-18(2)27(17)23-5-4-6-25(28-23)34-15-19-7-8-22-20(14-26(29)30)16-33-24(22)13-19/h4-8,11-13,20H,9-10,14-16H2,1-3H3,(H,29,30). The van der Waals surface area contributed by atoms with E-state index in [-0.39, 0.29) is 12.3 Å². The molecule has 0 aliphatic carbocycles. The summed E-state index contributed by atoms with van der Waals surface area (Å²) in [4.78, 5) is 15.8. The van der Waals surface area contributed by atoms with Crippen LogP contribution in [0.15, 0.2) is 48.5 Å². The molecule has 1 aliphatic rings. The highest BCUT2D eigenvalue weighted by Gasteiger charge is 2.26. The number of carbonyl (C=O) groups is 1. The van der Waals surface area contributed by atoms with Gasteiger partial charge in [-0.25, -0.2) is 4.98 Å². The van der Waals surface area contributed by atoms with E-state index in [1.54, 1.807) is 7.11 Å². The number of nitrogens with zero attached hydrogens (tertiary/aromatic N) is 1. The molecule has 0 amide bonds. The molecule has 4 rings (SSSR count). The van der Waals surface area contributed by atoms with Gasteiger partial charge < -0.3 is 24.1 Å². The number of hydrogen-bond acceptors (Lipinski definition) is 6. The summed E-state index contributed by atoms with van der Waals surface area (Å²) in [7, 11) is 1.65. The minimum Gasteiger partial charge on any atom is -0.493 e. The van der Waals surface area contributed by atoms with Crippen molar-refractivity contribution in [3.05, 3.63) is 70.8 Å². The topological polar surface area (TPSA) is 87.1 Å². The number of aromatic nitrogens is 1. The van der Waals surface area contributed by atoms with Gasteiger partial charge >= 0.3 is 5.97 Å². The number of aliphatic carboxylic acids is 1. The minimum atomic E-state index is -0.821. The Balaban J connectivity index is 1.45. The first-order valence-corrected chi connectivity index (χ1v) is 11.2. The third-order valence-corrected chi connectivity index (χ3v) is 5.81. The third-order valence-electron chi connectivity index (χ3n) is 5.81. The number of aryl methyl sites for hydroxylation is 2. The summed E-state index contributed by atoms with van der Waals surface area (Å²) < 4.78 is 22.5. The van der Waals surface area contributed by atoms with Gasteiger partial charge in [-0.3, -0.25) is 4.79 Å². The Morgan fingerprint density at radius 2 is 1.88 bits per heavy atom. The van der Waals surface area contributed by atoms with Gasteiger partial charge in [0.15, 0.2) is 0 Å². The molecule has 178 valence electrons. The highest BCUT2D eigenvalue weighted by molar-refractivity contribution is 5.69. The predicted molar refractivity (Wildman–Crippen MR) is 128 cm³/mol. The quantitative estimate of drug-likeness (QED) is 0.427. The van der Waals surface area contributed by atoms with Crippen LogP contribution >= 0.6 is 0 Å². The Hall–Kier alpha value is -3.58. The molecular formula is C27H29NO6. The van der Waals surface area contributed by atoms with Gasteiger partial charge in [0.1, 0.15) is 24.7 Å². The lowest BCUT2D eigenvalue weighted by atomic mass is 9.97. The summed E-state index contributed by atoms with van der Waals surface area (Å²) in [6, 6.07) is 15.6. The molecule has 3 aromatic rings. The van der Waals surface area contributed by atoms with E-state index in [1.807, 2.05) is 62.4 Å². The van der Waals surface area contributed by atoms with Crippen molar-refractivity contribution in [2.45, 2.75) is 32.8 Å². The van der Waals surface area contributed by atoms with Crippen LogP contribution in [0.2, 0.25) is 0 Å². The van der Waals surface area contributed by atoms with Gasteiger partial charge in [0.05, 0.1) is 25.3 Å². The zero-order valence-electron chi connectivity index (χ0n) is 19.7. The number of pyridine rings is 1. The lowest BCUT2D eigenvalue weighted by Gasteiger charge is -2.14. The summed E-state index contributed by atoms with van der Waals surface area (Å²) in [5, 5.41) is 9.07. The Bertz CT molecular complexity index is 1150. The van der Waals surface area contributed by atoms with Crippen LogP contribution in [0.4, 0.5) is 0 Å². The third kappa shape index (κ3) is 5.48. The first kappa shape index (κ1) is 23.6. The van der Waals surface area contributed by atoms with Crippen molar-refractivity contribution in [3.8, 4) is 28.6 Å². The van der Waals surface area contributed by atoms with Crippen LogP contribution in [-0.2, 0) is 16.1 Å². The largest absolute Gasteiger partial charge is 0.493 e. The normalized spacial score (nSPS) is 14.4. The molecule has 0 fully saturated rings. The second-order valence-corrected chi connectivity index (χ2v) is 8.40. The van der Waals surface area contributed by atoms with E-state index < -0.39 is 5.97 Å². The van der Waals surface area contributed by atoms with Gasteiger partial charge in [0.2, 0.25) is 5.88 Å². The second-order valence-electron chi connectivity index (χ2n) is 8.40. The molecule has 1 aliphatic heterocycles. The number of carboxylic acids is 1. The molecule has 7 heteroatoms. The lowest BCUT2D eigenvalue weighted by Crippen LogP contribution is -2.07. The smallest absolute Gasteiger partial charge is 0.304 e. The van der Waals surface area contributed by atoms with Crippen LogP contribution in [0.25, 0.3) is 11.3 Å². The van der Waals surface area contributed by atoms with Crippen LogP contribution in [0, 0.1) is 13.8 Å². The summed E-state index contributed by atoms with van der Waals surface area (Å²) in [6.07, 6.45) is 0.0681. The molecule has 34 heavy (non-hydrogen) atoms. The fourth-order valence-electron chi connectivity index (χ4n) is 4.24. The van der Waals surface area contributed by atoms with E-state index in [0.717, 1.165) is 45.0 Å². The summed E-state index contributed by atoms with van der Waals surface area (Å²) in [6.45, 7) is 5.86. The predicted octanol–water partition coefficient (Wildman–Crippen LogP) is 4.92. The van der Waals surface area contributed by atoms with Crippen LogP contribution in [0.5, 0.6) is 17.4 Å². The zero-order chi connectivity index (χ0) is 24.1. The average Bonchev–Trinajstić information content (AvgIpc) is 3.19. The average molecular weight is 464 g/mol. The second kappa shape index (κ2) is 10.6.